The summed E-state index contributed by atoms with van der Waals surface area (Å²) in [5.74, 6) is 0.666. The van der Waals surface area contributed by atoms with E-state index in [1.807, 2.05) is 30.6 Å². The lowest BCUT2D eigenvalue weighted by atomic mass is 10.2. The number of carbonyl (C=O) groups is 1. The molecule has 2 rings (SSSR count). The SMILES string of the molecule is CCCN(CCC)C(=O)c1ccnc(N(CC)C2CCS(=O)(=O)C2)n1. The molecule has 0 radical (unpaired) electrons. The third-order valence-electron chi connectivity index (χ3n) is 4.38. The van der Waals surface area contributed by atoms with Gasteiger partial charge in [-0.15, -0.1) is 0 Å². The fourth-order valence-corrected chi connectivity index (χ4v) is 4.94. The van der Waals surface area contributed by atoms with Crippen LogP contribution in [0.15, 0.2) is 12.3 Å². The Morgan fingerprint density at radius 1 is 1.24 bits per heavy atom. The molecule has 25 heavy (non-hydrogen) atoms. The van der Waals surface area contributed by atoms with Gasteiger partial charge in [-0.1, -0.05) is 13.8 Å². The van der Waals surface area contributed by atoms with Crippen molar-refractivity contribution in [2.75, 3.05) is 36.0 Å². The maximum atomic E-state index is 12.7. The quantitative estimate of drug-likeness (QED) is 0.695. The van der Waals surface area contributed by atoms with Crippen LogP contribution in [0.1, 0.15) is 50.5 Å². The van der Waals surface area contributed by atoms with E-state index in [-0.39, 0.29) is 23.5 Å². The van der Waals surface area contributed by atoms with Crippen molar-refractivity contribution in [1.82, 2.24) is 14.9 Å². The van der Waals surface area contributed by atoms with E-state index in [0.717, 1.165) is 12.8 Å². The van der Waals surface area contributed by atoms with Crippen LogP contribution in [0, 0.1) is 0 Å². The smallest absolute Gasteiger partial charge is 0.272 e. The van der Waals surface area contributed by atoms with Crippen LogP contribution in [0.3, 0.4) is 0 Å². The number of nitrogens with zero attached hydrogens (tertiary/aromatic N) is 4. The Morgan fingerprint density at radius 3 is 2.44 bits per heavy atom. The molecule has 1 atom stereocenters. The molecular weight excluding hydrogens is 340 g/mol. The minimum Gasteiger partial charge on any atom is -0.337 e. The second-order valence-electron chi connectivity index (χ2n) is 6.38. The summed E-state index contributed by atoms with van der Waals surface area (Å²) < 4.78 is 23.5. The Balaban J connectivity index is 2.23. The van der Waals surface area contributed by atoms with Crippen LogP contribution >= 0.6 is 0 Å². The highest BCUT2D eigenvalue weighted by Gasteiger charge is 2.33. The van der Waals surface area contributed by atoms with Crippen LogP contribution in [0.4, 0.5) is 5.95 Å². The average molecular weight is 369 g/mol. The molecule has 0 N–H and O–H groups in total. The monoisotopic (exact) mass is 368 g/mol. The van der Waals surface area contributed by atoms with Crippen LogP contribution in [0.2, 0.25) is 0 Å². The van der Waals surface area contributed by atoms with E-state index < -0.39 is 9.84 Å². The number of carbonyl (C=O) groups excluding carboxylic acids is 1. The van der Waals surface area contributed by atoms with Crippen molar-refractivity contribution in [2.24, 2.45) is 0 Å². The lowest BCUT2D eigenvalue weighted by Crippen LogP contribution is -2.38. The molecular formula is C17H28N4O3S. The number of aromatic nitrogens is 2. The molecule has 1 fully saturated rings. The highest BCUT2D eigenvalue weighted by atomic mass is 32.2. The molecule has 1 aromatic rings. The van der Waals surface area contributed by atoms with Gasteiger partial charge in [-0.3, -0.25) is 4.79 Å². The Morgan fingerprint density at radius 2 is 1.92 bits per heavy atom. The van der Waals surface area contributed by atoms with E-state index >= 15 is 0 Å². The van der Waals surface area contributed by atoms with Crippen molar-refractivity contribution >= 4 is 21.7 Å². The summed E-state index contributed by atoms with van der Waals surface area (Å²) in [4.78, 5) is 25.2. The molecule has 1 amide bonds. The predicted octanol–water partition coefficient (Wildman–Crippen LogP) is 1.75. The van der Waals surface area contributed by atoms with Gasteiger partial charge in [-0.05, 0) is 32.3 Å². The van der Waals surface area contributed by atoms with Gasteiger partial charge in [0.2, 0.25) is 5.95 Å². The summed E-state index contributed by atoms with van der Waals surface area (Å²) in [5, 5.41) is 0. The standard InChI is InChI=1S/C17H28N4O3S/c1-4-10-20(11-5-2)16(22)15-7-9-18-17(19-15)21(6-3)14-8-12-25(23,24)13-14/h7,9,14H,4-6,8,10-13H2,1-3H3. The highest BCUT2D eigenvalue weighted by Crippen LogP contribution is 2.21. The van der Waals surface area contributed by atoms with Crippen molar-refractivity contribution in [3.05, 3.63) is 18.0 Å². The van der Waals surface area contributed by atoms with Gasteiger partial charge < -0.3 is 9.80 Å². The summed E-state index contributed by atoms with van der Waals surface area (Å²) in [6.07, 6.45) is 3.95. The summed E-state index contributed by atoms with van der Waals surface area (Å²) in [5.41, 5.74) is 0.367. The molecule has 1 aliphatic heterocycles. The van der Waals surface area contributed by atoms with Crippen LogP contribution in [0.25, 0.3) is 0 Å². The van der Waals surface area contributed by atoms with E-state index in [4.69, 9.17) is 0 Å². The van der Waals surface area contributed by atoms with E-state index in [1.54, 1.807) is 12.3 Å². The molecule has 2 heterocycles. The Hall–Kier alpha value is -1.70. The first-order chi connectivity index (χ1) is 11.9. The number of hydrogen-bond acceptors (Lipinski definition) is 6. The minimum atomic E-state index is -2.99. The van der Waals surface area contributed by atoms with Gasteiger partial charge in [0, 0.05) is 31.9 Å². The number of rotatable bonds is 8. The van der Waals surface area contributed by atoms with Crippen LogP contribution < -0.4 is 4.90 Å². The average Bonchev–Trinajstić information content (AvgIpc) is 2.94. The zero-order valence-corrected chi connectivity index (χ0v) is 16.1. The maximum Gasteiger partial charge on any atom is 0.272 e. The lowest BCUT2D eigenvalue weighted by Gasteiger charge is -2.27. The molecule has 140 valence electrons. The van der Waals surface area contributed by atoms with Crippen molar-refractivity contribution in [2.45, 2.75) is 46.1 Å². The molecule has 1 aromatic heterocycles. The Kier molecular flexibility index (Phi) is 6.75. The number of sulfone groups is 1. The number of anilines is 1. The van der Waals surface area contributed by atoms with Gasteiger partial charge in [-0.2, -0.15) is 0 Å². The largest absolute Gasteiger partial charge is 0.337 e. The first-order valence-electron chi connectivity index (χ1n) is 9.01. The summed E-state index contributed by atoms with van der Waals surface area (Å²) in [7, 11) is -2.99. The second kappa shape index (κ2) is 8.60. The second-order valence-corrected chi connectivity index (χ2v) is 8.61. The zero-order valence-electron chi connectivity index (χ0n) is 15.3. The normalized spacial score (nSPS) is 18.9. The van der Waals surface area contributed by atoms with Crippen molar-refractivity contribution in [1.29, 1.82) is 0 Å². The first kappa shape index (κ1) is 19.6. The highest BCUT2D eigenvalue weighted by molar-refractivity contribution is 7.91. The molecule has 0 bridgehead atoms. The number of hydrogen-bond donors (Lipinski definition) is 0. The van der Waals surface area contributed by atoms with Gasteiger partial charge in [0.15, 0.2) is 9.84 Å². The molecule has 7 nitrogen and oxygen atoms in total. The van der Waals surface area contributed by atoms with Gasteiger partial charge in [0.1, 0.15) is 5.69 Å². The fraction of sp³-hybridized carbons (Fsp3) is 0.706. The van der Waals surface area contributed by atoms with Crippen LogP contribution in [-0.4, -0.2) is 66.4 Å². The maximum absolute atomic E-state index is 12.7. The van der Waals surface area contributed by atoms with E-state index in [1.165, 1.54) is 0 Å². The Bertz CT molecular complexity index is 687. The predicted molar refractivity (Wildman–Crippen MR) is 98.6 cm³/mol. The molecule has 1 saturated heterocycles. The number of amides is 1. The summed E-state index contributed by atoms with van der Waals surface area (Å²) in [6.45, 7) is 8.03. The van der Waals surface area contributed by atoms with E-state index in [2.05, 4.69) is 9.97 Å². The van der Waals surface area contributed by atoms with E-state index in [0.29, 0.717) is 37.7 Å². The van der Waals surface area contributed by atoms with E-state index in [9.17, 15) is 13.2 Å². The molecule has 8 heteroatoms. The molecule has 1 aliphatic rings. The molecule has 1 unspecified atom stereocenters. The van der Waals surface area contributed by atoms with Gasteiger partial charge in [0.25, 0.3) is 5.91 Å². The molecule has 0 aliphatic carbocycles. The van der Waals surface area contributed by atoms with Gasteiger partial charge in [-0.25, -0.2) is 18.4 Å². The minimum absolute atomic E-state index is 0.0950. The molecule has 0 spiro atoms. The summed E-state index contributed by atoms with van der Waals surface area (Å²) >= 11 is 0. The zero-order chi connectivity index (χ0) is 18.4. The fourth-order valence-electron chi connectivity index (χ4n) is 3.21. The summed E-state index contributed by atoms with van der Waals surface area (Å²) in [6, 6.07) is 1.51. The topological polar surface area (TPSA) is 83.5 Å². The third kappa shape index (κ3) is 4.90. The van der Waals surface area contributed by atoms with Gasteiger partial charge in [0.05, 0.1) is 11.5 Å². The Labute approximate surface area is 150 Å². The van der Waals surface area contributed by atoms with Crippen LogP contribution in [-0.2, 0) is 9.84 Å². The van der Waals surface area contributed by atoms with Crippen LogP contribution in [0.5, 0.6) is 0 Å². The first-order valence-corrected chi connectivity index (χ1v) is 10.8. The van der Waals surface area contributed by atoms with Gasteiger partial charge >= 0.3 is 0 Å². The third-order valence-corrected chi connectivity index (χ3v) is 6.13. The molecule has 0 saturated carbocycles. The van der Waals surface area contributed by atoms with Crippen molar-refractivity contribution < 1.29 is 13.2 Å². The molecule has 0 aromatic carbocycles. The lowest BCUT2D eigenvalue weighted by molar-refractivity contribution is 0.0749. The van der Waals surface area contributed by atoms with Crippen molar-refractivity contribution in [3.8, 4) is 0 Å². The van der Waals surface area contributed by atoms with Crippen molar-refractivity contribution in [3.63, 3.8) is 0 Å².